The molecule has 0 nitrogen and oxygen atoms in total. The van der Waals surface area contributed by atoms with Crippen LogP contribution in [0.2, 0.25) is 15.1 Å². The molecule has 2 rings (SSSR count). The molecule has 0 heterocycles. The van der Waals surface area contributed by atoms with Crippen LogP contribution in [0.4, 0.5) is 0 Å². The van der Waals surface area contributed by atoms with Gasteiger partial charge in [-0.1, -0.05) is 75.7 Å². The van der Waals surface area contributed by atoms with Gasteiger partial charge in [-0.3, -0.25) is 0 Å². The molecule has 0 atom stereocenters. The van der Waals surface area contributed by atoms with Gasteiger partial charge in [0.2, 0.25) is 0 Å². The van der Waals surface area contributed by atoms with E-state index in [2.05, 4.69) is 0 Å². The van der Waals surface area contributed by atoms with Gasteiger partial charge in [-0.2, -0.15) is 0 Å². The molecule has 0 spiro atoms. The third-order valence-corrected chi connectivity index (χ3v) is 5.06. The number of allylic oxidation sites excluding steroid dienone is 4. The van der Waals surface area contributed by atoms with Gasteiger partial charge in [0.05, 0.1) is 20.1 Å². The Labute approximate surface area is 135 Å². The number of rotatable bonds is 1. The molecule has 1 aromatic rings. The number of alkyl halides is 2. The van der Waals surface area contributed by atoms with Crippen LogP contribution in [0.15, 0.2) is 29.3 Å². The molecular weight excluding hydrogens is 357 g/mol. The highest BCUT2D eigenvalue weighted by Gasteiger charge is 2.32. The zero-order valence-corrected chi connectivity index (χ0v) is 13.3. The molecule has 1 aliphatic rings. The quantitative estimate of drug-likeness (QED) is 0.383. The molecule has 0 fully saturated rings. The number of halogens is 6. The smallest absolute Gasteiger partial charge is 0.0950 e. The maximum atomic E-state index is 6.11. The highest BCUT2D eigenvalue weighted by atomic mass is 35.5. The molecule has 0 unspecified atom stereocenters. The van der Waals surface area contributed by atoms with Gasteiger partial charge in [-0.25, -0.2) is 0 Å². The van der Waals surface area contributed by atoms with Gasteiger partial charge in [-0.05, 0) is 29.3 Å². The normalized spacial score (nSPS) is 18.3. The molecule has 18 heavy (non-hydrogen) atoms. The molecule has 1 aliphatic carbocycles. The number of hydrogen-bond donors (Lipinski definition) is 0. The van der Waals surface area contributed by atoms with Crippen molar-refractivity contribution >= 4 is 75.2 Å². The summed E-state index contributed by atoms with van der Waals surface area (Å²) in [6, 6.07) is 3.44. The first kappa shape index (κ1) is 14.8. The first-order valence-corrected chi connectivity index (χ1v) is 7.17. The molecule has 96 valence electrons. The van der Waals surface area contributed by atoms with Crippen molar-refractivity contribution in [2.45, 2.75) is 10.8 Å². The van der Waals surface area contributed by atoms with E-state index >= 15 is 0 Å². The van der Waals surface area contributed by atoms with Crippen molar-refractivity contribution in [1.29, 1.82) is 0 Å². The van der Waals surface area contributed by atoms with Crippen molar-refractivity contribution in [3.63, 3.8) is 0 Å². The summed E-state index contributed by atoms with van der Waals surface area (Å²) >= 11 is 36.0. The molecule has 1 aromatic carbocycles. The van der Waals surface area contributed by atoms with Crippen molar-refractivity contribution in [2.24, 2.45) is 0 Å². The molecule has 0 N–H and O–H groups in total. The summed E-state index contributed by atoms with van der Waals surface area (Å²) in [7, 11) is 0. The molecule has 0 aromatic heterocycles. The van der Waals surface area contributed by atoms with Gasteiger partial charge in [0.15, 0.2) is 4.33 Å². The summed E-state index contributed by atoms with van der Waals surface area (Å²) in [6.45, 7) is 0. The Bertz CT molecular complexity index is 533. The summed E-state index contributed by atoms with van der Waals surface area (Å²) in [5.41, 5.74) is 1.71. The Morgan fingerprint density at radius 1 is 0.889 bits per heavy atom. The Morgan fingerprint density at radius 2 is 1.44 bits per heavy atom. The van der Waals surface area contributed by atoms with Crippen LogP contribution in [0.5, 0.6) is 0 Å². The van der Waals surface area contributed by atoms with E-state index in [0.29, 0.717) is 26.5 Å². The number of hydrogen-bond acceptors (Lipinski definition) is 0. The van der Waals surface area contributed by atoms with Crippen molar-refractivity contribution in [1.82, 2.24) is 0 Å². The van der Waals surface area contributed by atoms with E-state index in [-0.39, 0.29) is 0 Å². The maximum absolute atomic E-state index is 6.11. The van der Waals surface area contributed by atoms with E-state index in [1.165, 1.54) is 0 Å². The summed E-state index contributed by atoms with van der Waals surface area (Å²) < 4.78 is -1.12. The third-order valence-electron chi connectivity index (χ3n) is 2.55. The Balaban J connectivity index is 2.46. The average Bonchev–Trinajstić information content (AvgIpc) is 2.29. The van der Waals surface area contributed by atoms with E-state index in [4.69, 9.17) is 69.6 Å². The van der Waals surface area contributed by atoms with Crippen molar-refractivity contribution in [3.8, 4) is 0 Å². The van der Waals surface area contributed by atoms with E-state index in [1.54, 1.807) is 18.2 Å². The Hall–Kier alpha value is 0.440. The fourth-order valence-electron chi connectivity index (χ4n) is 1.62. The first-order chi connectivity index (χ1) is 8.31. The lowest BCUT2D eigenvalue weighted by Crippen LogP contribution is -2.16. The van der Waals surface area contributed by atoms with Crippen molar-refractivity contribution in [3.05, 3.63) is 49.9 Å². The van der Waals surface area contributed by atoms with Crippen LogP contribution in [0.1, 0.15) is 12.0 Å². The van der Waals surface area contributed by atoms with E-state index in [0.717, 1.165) is 11.1 Å². The van der Waals surface area contributed by atoms with Crippen LogP contribution in [-0.4, -0.2) is 4.33 Å². The largest absolute Gasteiger partial charge is 0.157 e. The topological polar surface area (TPSA) is 0 Å². The van der Waals surface area contributed by atoms with Crippen molar-refractivity contribution in [2.75, 3.05) is 0 Å². The molecule has 0 radical (unpaired) electrons. The lowest BCUT2D eigenvalue weighted by atomic mass is 9.97. The number of benzene rings is 1. The van der Waals surface area contributed by atoms with Crippen LogP contribution < -0.4 is 0 Å². The molecule has 0 saturated carbocycles. The molecular formula is C12H6Cl6. The summed E-state index contributed by atoms with van der Waals surface area (Å²) in [6.07, 6.45) is 3.87. The first-order valence-electron chi connectivity index (χ1n) is 4.91. The fourth-order valence-corrected chi connectivity index (χ4v) is 2.76. The van der Waals surface area contributed by atoms with E-state index < -0.39 is 4.33 Å². The molecule has 0 amide bonds. The molecule has 6 heteroatoms. The highest BCUT2D eigenvalue weighted by Crippen LogP contribution is 2.45. The van der Waals surface area contributed by atoms with Crippen LogP contribution >= 0.6 is 69.6 Å². The third kappa shape index (κ3) is 2.95. The lowest BCUT2D eigenvalue weighted by molar-refractivity contribution is 0.959. The average molecular weight is 363 g/mol. The summed E-state index contributed by atoms with van der Waals surface area (Å²) in [4.78, 5) is 0. The monoisotopic (exact) mass is 360 g/mol. The van der Waals surface area contributed by atoms with Crippen LogP contribution in [0, 0.1) is 0 Å². The van der Waals surface area contributed by atoms with Gasteiger partial charge in [0.25, 0.3) is 0 Å². The van der Waals surface area contributed by atoms with Crippen LogP contribution in [0.25, 0.3) is 5.57 Å². The zero-order chi connectivity index (χ0) is 13.5. The van der Waals surface area contributed by atoms with Gasteiger partial charge < -0.3 is 0 Å². The standard InChI is InChI=1S/C12H6Cl6/c13-8-3-7(4-9(14)11(8)16)6-1-2-10(15)12(17,18)5-6/h1-4H,5H2. The van der Waals surface area contributed by atoms with Crippen molar-refractivity contribution < 1.29 is 0 Å². The minimum atomic E-state index is -1.12. The zero-order valence-electron chi connectivity index (χ0n) is 8.78. The van der Waals surface area contributed by atoms with Gasteiger partial charge >= 0.3 is 0 Å². The predicted molar refractivity (Wildman–Crippen MR) is 82.4 cm³/mol. The second-order valence-electron chi connectivity index (χ2n) is 3.84. The summed E-state index contributed by atoms with van der Waals surface area (Å²) in [5, 5.41) is 1.49. The minimum Gasteiger partial charge on any atom is -0.0950 e. The van der Waals surface area contributed by atoms with E-state index in [9.17, 15) is 0 Å². The highest BCUT2D eigenvalue weighted by molar-refractivity contribution is 6.56. The van der Waals surface area contributed by atoms with E-state index in [1.807, 2.05) is 6.08 Å². The Kier molecular flexibility index (Phi) is 4.48. The fraction of sp³-hybridized carbons (Fsp3) is 0.167. The molecule has 0 aliphatic heterocycles. The Morgan fingerprint density at radius 3 is 1.94 bits per heavy atom. The SMILES string of the molecule is ClC1=CC=C(c2cc(Cl)c(Cl)c(Cl)c2)CC1(Cl)Cl. The molecule has 0 saturated heterocycles. The van der Waals surface area contributed by atoms with Gasteiger partial charge in [-0.15, -0.1) is 0 Å². The predicted octanol–water partition coefficient (Wildman–Crippen LogP) is 6.73. The lowest BCUT2D eigenvalue weighted by Gasteiger charge is -2.24. The maximum Gasteiger partial charge on any atom is 0.157 e. The molecule has 0 bridgehead atoms. The van der Waals surface area contributed by atoms with Gasteiger partial charge in [0.1, 0.15) is 0 Å². The minimum absolute atomic E-state index is 0.329. The van der Waals surface area contributed by atoms with Gasteiger partial charge in [0, 0.05) is 6.42 Å². The summed E-state index contributed by atoms with van der Waals surface area (Å²) in [5.74, 6) is 0. The second kappa shape index (κ2) is 5.44. The van der Waals surface area contributed by atoms with Crippen LogP contribution in [0.3, 0.4) is 0 Å². The second-order valence-corrected chi connectivity index (χ2v) is 6.93. The van der Waals surface area contributed by atoms with Crippen LogP contribution in [-0.2, 0) is 0 Å².